The predicted molar refractivity (Wildman–Crippen MR) is 342 cm³/mol. The van der Waals surface area contributed by atoms with Crippen LogP contribution in [0.4, 0.5) is 4.79 Å². The zero-order chi connectivity index (χ0) is 65.7. The van der Waals surface area contributed by atoms with Crippen molar-refractivity contribution >= 4 is 76.2 Å². The van der Waals surface area contributed by atoms with Gasteiger partial charge in [0.1, 0.15) is 47.0 Å². The van der Waals surface area contributed by atoms with Crippen molar-refractivity contribution in [1.29, 1.82) is 0 Å². The van der Waals surface area contributed by atoms with Gasteiger partial charge in [-0.1, -0.05) is 123 Å². The highest BCUT2D eigenvalue weighted by Gasteiger charge is 2.41. The maximum absolute atomic E-state index is 15.4. The first-order chi connectivity index (χ1) is 41.9. The number of carbonyl (C=O) groups excluding carboxylic acids is 9. The Hall–Kier alpha value is -8.24. The lowest BCUT2D eigenvalue weighted by Gasteiger charge is -2.37. The van der Waals surface area contributed by atoms with Gasteiger partial charge in [-0.25, -0.2) is 9.59 Å². The summed E-state index contributed by atoms with van der Waals surface area (Å²) in [6.07, 6.45) is 0.309. The minimum atomic E-state index is -1.59. The van der Waals surface area contributed by atoms with E-state index in [1.807, 2.05) is 115 Å². The van der Waals surface area contributed by atoms with Gasteiger partial charge in [-0.2, -0.15) is 0 Å². The summed E-state index contributed by atoms with van der Waals surface area (Å²) in [5.74, 6) is -7.17. The Balaban J connectivity index is 1.56. The van der Waals surface area contributed by atoms with Crippen molar-refractivity contribution in [3.63, 3.8) is 0 Å². The second-order valence-electron chi connectivity index (χ2n) is 25.1. The number of nitrogens with two attached hydrogens (primary N) is 1. The van der Waals surface area contributed by atoms with Crippen molar-refractivity contribution < 1.29 is 62.1 Å². The molecule has 0 saturated heterocycles. The summed E-state index contributed by atoms with van der Waals surface area (Å²) in [4.78, 5) is 129. The van der Waals surface area contributed by atoms with Crippen LogP contribution >= 0.6 is 11.8 Å². The van der Waals surface area contributed by atoms with E-state index in [4.69, 9.17) is 24.7 Å². The first-order valence-corrected chi connectivity index (χ1v) is 31.0. The van der Waals surface area contributed by atoms with Gasteiger partial charge in [0, 0.05) is 42.2 Å². The minimum absolute atomic E-state index is 0.0438. The molecule has 4 aromatic carbocycles. The molecule has 21 nitrogen and oxygen atoms in total. The predicted octanol–water partition coefficient (Wildman–Crippen LogP) is 7.56. The number of aromatic amines is 1. The number of hydrogen-bond donors (Lipinski definition) is 8. The number of alkyl carbamates (subject to hydrolysis) is 1. The summed E-state index contributed by atoms with van der Waals surface area (Å²) < 4.78 is 20.5. The van der Waals surface area contributed by atoms with Crippen LogP contribution < -0.4 is 37.6 Å². The Morgan fingerprint density at radius 1 is 0.539 bits per heavy atom. The molecule has 89 heavy (non-hydrogen) atoms. The van der Waals surface area contributed by atoms with Crippen molar-refractivity contribution in [3.05, 3.63) is 144 Å². The lowest BCUT2D eigenvalue weighted by atomic mass is 9.84. The molecule has 5 aromatic rings. The van der Waals surface area contributed by atoms with Crippen molar-refractivity contribution in [2.75, 3.05) is 19.4 Å². The quantitative estimate of drug-likeness (QED) is 0.00952. The fourth-order valence-electron chi connectivity index (χ4n) is 9.72. The summed E-state index contributed by atoms with van der Waals surface area (Å²) in [5.41, 5.74) is 7.71. The highest BCUT2D eigenvalue weighted by atomic mass is 32.2. The molecule has 1 heterocycles. The second kappa shape index (κ2) is 32.8. The summed E-state index contributed by atoms with van der Waals surface area (Å²) in [5, 5.41) is 17.4. The third-order valence-electron chi connectivity index (χ3n) is 13.8. The molecular weight excluding hydrogens is 1160 g/mol. The first kappa shape index (κ1) is 71.5. The number of esters is 3. The topological polar surface area (TPSA) is 305 Å². The monoisotopic (exact) mass is 1250 g/mol. The highest BCUT2D eigenvalue weighted by molar-refractivity contribution is 8.00. The second-order valence-corrected chi connectivity index (χ2v) is 26.3. The normalized spacial score (nSPS) is 13.9. The van der Waals surface area contributed by atoms with Crippen LogP contribution in [0.15, 0.2) is 121 Å². The van der Waals surface area contributed by atoms with Crippen LogP contribution in [0.2, 0.25) is 0 Å². The van der Waals surface area contributed by atoms with Gasteiger partial charge >= 0.3 is 24.0 Å². The number of H-pyrrole nitrogens is 1. The zero-order valence-corrected chi connectivity index (χ0v) is 54.1. The van der Waals surface area contributed by atoms with E-state index in [1.165, 1.54) is 18.9 Å². The van der Waals surface area contributed by atoms with E-state index < -0.39 is 130 Å². The van der Waals surface area contributed by atoms with Crippen molar-refractivity contribution in [2.45, 2.75) is 179 Å². The number of ether oxygens (including phenoxy) is 4. The van der Waals surface area contributed by atoms with E-state index in [9.17, 15) is 33.6 Å². The van der Waals surface area contributed by atoms with Gasteiger partial charge in [0.05, 0.1) is 24.3 Å². The van der Waals surface area contributed by atoms with Gasteiger partial charge < -0.3 is 61.6 Å². The number of rotatable bonds is 30. The van der Waals surface area contributed by atoms with Crippen LogP contribution in [0.25, 0.3) is 10.9 Å². The fraction of sp³-hybridized carbons (Fsp3) is 0.478. The van der Waals surface area contributed by atoms with Gasteiger partial charge in [0.2, 0.25) is 29.5 Å². The van der Waals surface area contributed by atoms with Crippen molar-refractivity contribution in [2.24, 2.45) is 11.7 Å². The highest BCUT2D eigenvalue weighted by Crippen LogP contribution is 2.48. The van der Waals surface area contributed by atoms with E-state index in [2.05, 4.69) is 36.9 Å². The molecule has 22 heteroatoms. The lowest BCUT2D eigenvalue weighted by molar-refractivity contribution is -0.156. The van der Waals surface area contributed by atoms with Gasteiger partial charge in [-0.3, -0.25) is 33.6 Å². The molecule has 9 N–H and O–H groups in total. The van der Waals surface area contributed by atoms with Crippen LogP contribution in [0, 0.1) is 5.92 Å². The summed E-state index contributed by atoms with van der Waals surface area (Å²) in [7, 11) is 1.21. The number of unbranched alkanes of at least 4 members (excludes halogenated alkanes) is 1. The van der Waals surface area contributed by atoms with Gasteiger partial charge in [-0.05, 0) is 122 Å². The molecule has 0 aliphatic rings. The lowest BCUT2D eigenvalue weighted by Crippen LogP contribution is -2.60. The zero-order valence-electron chi connectivity index (χ0n) is 53.2. The molecule has 0 aliphatic heterocycles. The number of methoxy groups -OCH3 is 1. The van der Waals surface area contributed by atoms with Crippen LogP contribution in [0.1, 0.15) is 137 Å². The summed E-state index contributed by atoms with van der Waals surface area (Å²) >= 11 is 1.33. The van der Waals surface area contributed by atoms with Crippen LogP contribution in [0.5, 0.6) is 0 Å². The standard InChI is InChI=1S/C67H90N8O13S/c1-42(2)56(61(82)73-52(62(83)85-12)38-43-40-70-49-33-23-22-32-47(43)49)75-60(81)53(41-89-67(44-26-16-13-17-27-44,45-28-18-14-19-29-45)46-30-20-15-21-31-46)74-59(80)51(35-36-54(76)86-64(3,4)5)72-58(79)50(34-24-25-37-69-63(84)88-66(9,10)11)71-57(78)48(68)39-55(77)87-65(6,7)8/h13-23,26-33,40,42,48,50-53,56,70H,24-25,34-39,41,68H2,1-12H3,(H,69,84)(H,71,78)(H,72,79)(H,73,82)(H,74,80)(H,75,81). The number of hydrogen-bond acceptors (Lipinski definition) is 15. The average molecular weight is 1250 g/mol. The van der Waals surface area contributed by atoms with E-state index in [0.29, 0.717) is 6.42 Å². The maximum Gasteiger partial charge on any atom is 0.407 e. The Labute approximate surface area is 526 Å². The number of benzene rings is 4. The largest absolute Gasteiger partial charge is 0.467 e. The Morgan fingerprint density at radius 3 is 1.54 bits per heavy atom. The summed E-state index contributed by atoms with van der Waals surface area (Å²) in [6, 6.07) is 27.9. The molecule has 0 aliphatic carbocycles. The van der Waals surface area contributed by atoms with E-state index >= 15 is 9.59 Å². The molecule has 0 radical (unpaired) electrons. The molecule has 5 rings (SSSR count). The van der Waals surface area contributed by atoms with Gasteiger partial charge in [-0.15, -0.1) is 11.8 Å². The van der Waals surface area contributed by atoms with Crippen LogP contribution in [-0.2, 0) is 68.5 Å². The molecule has 1 aromatic heterocycles. The fourth-order valence-corrected chi connectivity index (χ4v) is 11.3. The first-order valence-electron chi connectivity index (χ1n) is 30.0. The average Bonchev–Trinajstić information content (AvgIpc) is 1.36. The number of amides is 6. The smallest absolute Gasteiger partial charge is 0.407 e. The number of fused-ring (bicyclic) bond motifs is 1. The van der Waals surface area contributed by atoms with Crippen LogP contribution in [0.3, 0.4) is 0 Å². The van der Waals surface area contributed by atoms with Crippen LogP contribution in [-0.4, -0.2) is 131 Å². The van der Waals surface area contributed by atoms with E-state index in [-0.39, 0.29) is 38.0 Å². The van der Waals surface area contributed by atoms with Gasteiger partial charge in [0.25, 0.3) is 0 Å². The molecule has 0 fully saturated rings. The van der Waals surface area contributed by atoms with Crippen molar-refractivity contribution in [1.82, 2.24) is 36.9 Å². The molecule has 6 unspecified atom stereocenters. The van der Waals surface area contributed by atoms with E-state index in [0.717, 1.165) is 33.2 Å². The molecule has 6 atom stereocenters. The number of nitrogens with one attached hydrogen (secondary N) is 7. The Morgan fingerprint density at radius 2 is 1.01 bits per heavy atom. The Kier molecular flexibility index (Phi) is 26.4. The van der Waals surface area contributed by atoms with Crippen molar-refractivity contribution in [3.8, 4) is 0 Å². The third kappa shape index (κ3) is 22.7. The SMILES string of the molecule is COC(=O)C(Cc1c[nH]c2ccccc12)NC(=O)C(NC(=O)C(CSC(c1ccccc1)(c1ccccc1)c1ccccc1)NC(=O)C(CCC(=O)OC(C)(C)C)NC(=O)C(CCCCNC(=O)OC(C)(C)C)NC(=O)C(N)CC(=O)OC(C)(C)C)C(C)C. The number of thioether (sulfide) groups is 1. The van der Waals surface area contributed by atoms with E-state index in [1.54, 1.807) is 82.4 Å². The third-order valence-corrected chi connectivity index (χ3v) is 15.5. The summed E-state index contributed by atoms with van der Waals surface area (Å²) in [6.45, 7) is 18.7. The molecular formula is C67H90N8O13S. The molecule has 482 valence electrons. The molecule has 0 spiro atoms. The molecule has 6 amide bonds. The maximum atomic E-state index is 15.4. The molecule has 0 saturated carbocycles. The number of aromatic nitrogens is 1. The minimum Gasteiger partial charge on any atom is -0.467 e. The molecule has 0 bridgehead atoms. The van der Waals surface area contributed by atoms with Gasteiger partial charge in [0.15, 0.2) is 0 Å². The number of carbonyl (C=O) groups is 9. The number of para-hydroxylation sites is 1. The Bertz CT molecular complexity index is 3080.